The van der Waals surface area contributed by atoms with Crippen LogP contribution in [-0.2, 0) is 19.3 Å². The van der Waals surface area contributed by atoms with Gasteiger partial charge in [0.1, 0.15) is 0 Å². The van der Waals surface area contributed by atoms with Crippen molar-refractivity contribution >= 4 is 0 Å². The van der Waals surface area contributed by atoms with E-state index in [1.54, 1.807) is 0 Å². The smallest absolute Gasteiger partial charge is 0.0700 e. The average Bonchev–Trinajstić information content (AvgIpc) is 2.82. The largest absolute Gasteiger partial charge is 0.198 e. The van der Waals surface area contributed by atoms with E-state index in [0.717, 1.165) is 19.3 Å². The van der Waals surface area contributed by atoms with Crippen LogP contribution in [0.2, 0.25) is 0 Å². The van der Waals surface area contributed by atoms with Gasteiger partial charge in [0.25, 0.3) is 0 Å². The van der Waals surface area contributed by atoms with Crippen molar-refractivity contribution in [2.45, 2.75) is 33.1 Å². The summed E-state index contributed by atoms with van der Waals surface area (Å²) in [6.07, 6.45) is 2.62. The minimum absolute atomic E-state index is 0.263. The second-order valence-electron chi connectivity index (χ2n) is 6.06. The quantitative estimate of drug-likeness (QED) is 0.796. The van der Waals surface area contributed by atoms with E-state index in [1.165, 1.54) is 27.8 Å². The Kier molecular flexibility index (Phi) is 3.10. The molecule has 0 amide bonds. The molecule has 1 heteroatoms. The van der Waals surface area contributed by atoms with Gasteiger partial charge in [-0.3, -0.25) is 0 Å². The van der Waals surface area contributed by atoms with Gasteiger partial charge in [-0.2, -0.15) is 5.26 Å². The van der Waals surface area contributed by atoms with Crippen LogP contribution in [0.25, 0.3) is 0 Å². The second kappa shape index (κ2) is 4.80. The average molecular weight is 261 g/mol. The van der Waals surface area contributed by atoms with E-state index in [2.05, 4.69) is 62.4 Å². The summed E-state index contributed by atoms with van der Waals surface area (Å²) in [5, 5.41) is 9.78. The first-order chi connectivity index (χ1) is 9.63. The van der Waals surface area contributed by atoms with Crippen molar-refractivity contribution in [2.24, 2.45) is 5.41 Å². The van der Waals surface area contributed by atoms with Crippen LogP contribution < -0.4 is 0 Å². The SMILES string of the molecule is Cc1cccc(C)c1CC1(C#N)Cc2ccccc2C1. The van der Waals surface area contributed by atoms with Crippen LogP contribution in [0.15, 0.2) is 42.5 Å². The summed E-state index contributed by atoms with van der Waals surface area (Å²) < 4.78 is 0. The van der Waals surface area contributed by atoms with Crippen LogP contribution in [-0.4, -0.2) is 0 Å². The van der Waals surface area contributed by atoms with Crippen LogP contribution in [0, 0.1) is 30.6 Å². The lowest BCUT2D eigenvalue weighted by molar-refractivity contribution is 0.416. The Labute approximate surface area is 120 Å². The second-order valence-corrected chi connectivity index (χ2v) is 6.06. The Morgan fingerprint density at radius 3 is 2.00 bits per heavy atom. The fraction of sp³-hybridized carbons (Fsp3) is 0.316. The normalized spacial score (nSPS) is 15.7. The van der Waals surface area contributed by atoms with Crippen LogP contribution in [0.4, 0.5) is 0 Å². The molecule has 0 aromatic heterocycles. The maximum Gasteiger partial charge on any atom is 0.0700 e. The molecule has 3 rings (SSSR count). The van der Waals surface area contributed by atoms with Crippen molar-refractivity contribution < 1.29 is 0 Å². The first kappa shape index (κ1) is 12.9. The molecule has 0 heterocycles. The molecule has 0 aliphatic heterocycles. The lowest BCUT2D eigenvalue weighted by Crippen LogP contribution is -2.23. The Bertz CT molecular complexity index is 646. The summed E-state index contributed by atoms with van der Waals surface area (Å²) in [6.45, 7) is 4.30. The standard InChI is InChI=1S/C19H19N/c1-14-6-5-7-15(2)18(14)12-19(13-20)10-16-8-3-4-9-17(16)11-19/h3-9H,10-12H2,1-2H3. The predicted octanol–water partition coefficient (Wildman–Crippen LogP) is 4.15. The van der Waals surface area contributed by atoms with Crippen molar-refractivity contribution in [3.8, 4) is 6.07 Å². The highest BCUT2D eigenvalue weighted by molar-refractivity contribution is 5.41. The number of hydrogen-bond acceptors (Lipinski definition) is 1. The summed E-state index contributed by atoms with van der Waals surface area (Å²) >= 11 is 0. The number of rotatable bonds is 2. The van der Waals surface area contributed by atoms with Crippen LogP contribution >= 0.6 is 0 Å². The zero-order valence-electron chi connectivity index (χ0n) is 12.1. The van der Waals surface area contributed by atoms with E-state index < -0.39 is 0 Å². The van der Waals surface area contributed by atoms with Crippen LogP contribution in [0.1, 0.15) is 27.8 Å². The topological polar surface area (TPSA) is 23.8 Å². The molecule has 1 aliphatic rings. The lowest BCUT2D eigenvalue weighted by atomic mass is 9.78. The van der Waals surface area contributed by atoms with Gasteiger partial charge in [-0.15, -0.1) is 0 Å². The molecule has 0 atom stereocenters. The molecule has 1 aliphatic carbocycles. The Morgan fingerprint density at radius 2 is 1.50 bits per heavy atom. The molecular formula is C19H19N. The first-order valence-electron chi connectivity index (χ1n) is 7.17. The fourth-order valence-corrected chi connectivity index (χ4v) is 3.40. The van der Waals surface area contributed by atoms with Gasteiger partial charge in [0.15, 0.2) is 0 Å². The van der Waals surface area contributed by atoms with Crippen LogP contribution in [0.5, 0.6) is 0 Å². The van der Waals surface area contributed by atoms with Gasteiger partial charge >= 0.3 is 0 Å². The van der Waals surface area contributed by atoms with Crippen molar-refractivity contribution in [3.05, 3.63) is 70.3 Å². The molecule has 20 heavy (non-hydrogen) atoms. The number of aryl methyl sites for hydroxylation is 2. The van der Waals surface area contributed by atoms with Gasteiger partial charge in [-0.1, -0.05) is 42.5 Å². The number of nitriles is 1. The monoisotopic (exact) mass is 261 g/mol. The fourth-order valence-electron chi connectivity index (χ4n) is 3.40. The van der Waals surface area contributed by atoms with Crippen LogP contribution in [0.3, 0.4) is 0 Å². The molecule has 0 spiro atoms. The zero-order chi connectivity index (χ0) is 14.2. The molecule has 2 aromatic carbocycles. The Morgan fingerprint density at radius 1 is 0.950 bits per heavy atom. The maximum atomic E-state index is 9.78. The highest BCUT2D eigenvalue weighted by Gasteiger charge is 2.38. The van der Waals surface area contributed by atoms with Gasteiger partial charge in [0.2, 0.25) is 0 Å². The van der Waals surface area contributed by atoms with E-state index in [9.17, 15) is 5.26 Å². The number of fused-ring (bicyclic) bond motifs is 1. The summed E-state index contributed by atoms with van der Waals surface area (Å²) in [7, 11) is 0. The van der Waals surface area contributed by atoms with Gasteiger partial charge in [0.05, 0.1) is 11.5 Å². The number of hydrogen-bond donors (Lipinski definition) is 0. The molecule has 0 saturated carbocycles. The number of nitrogens with zero attached hydrogens (tertiary/aromatic N) is 1. The molecule has 2 aromatic rings. The van der Waals surface area contributed by atoms with E-state index >= 15 is 0 Å². The van der Waals surface area contributed by atoms with E-state index in [0.29, 0.717) is 0 Å². The first-order valence-corrected chi connectivity index (χ1v) is 7.17. The van der Waals surface area contributed by atoms with Gasteiger partial charge in [-0.05, 0) is 60.9 Å². The summed E-state index contributed by atoms with van der Waals surface area (Å²) in [5.74, 6) is 0. The van der Waals surface area contributed by atoms with Gasteiger partial charge in [0, 0.05) is 0 Å². The molecule has 0 radical (unpaired) electrons. The molecule has 1 nitrogen and oxygen atoms in total. The summed E-state index contributed by atoms with van der Waals surface area (Å²) in [5.41, 5.74) is 6.38. The minimum atomic E-state index is -0.263. The molecule has 0 unspecified atom stereocenters. The highest BCUT2D eigenvalue weighted by Crippen LogP contribution is 2.40. The summed E-state index contributed by atoms with van der Waals surface area (Å²) in [6, 6.07) is 17.5. The third kappa shape index (κ3) is 2.12. The van der Waals surface area contributed by atoms with Crippen molar-refractivity contribution in [1.82, 2.24) is 0 Å². The number of benzene rings is 2. The predicted molar refractivity (Wildman–Crippen MR) is 81.5 cm³/mol. The zero-order valence-corrected chi connectivity index (χ0v) is 12.1. The molecule has 0 N–H and O–H groups in total. The Balaban J connectivity index is 1.96. The molecule has 0 bridgehead atoms. The molecular weight excluding hydrogens is 242 g/mol. The molecule has 0 fully saturated rings. The van der Waals surface area contributed by atoms with Crippen molar-refractivity contribution in [3.63, 3.8) is 0 Å². The third-order valence-electron chi connectivity index (χ3n) is 4.57. The van der Waals surface area contributed by atoms with E-state index in [1.807, 2.05) is 0 Å². The van der Waals surface area contributed by atoms with Crippen molar-refractivity contribution in [1.29, 1.82) is 5.26 Å². The van der Waals surface area contributed by atoms with E-state index in [-0.39, 0.29) is 5.41 Å². The minimum Gasteiger partial charge on any atom is -0.198 e. The maximum absolute atomic E-state index is 9.78. The molecule has 0 saturated heterocycles. The van der Waals surface area contributed by atoms with E-state index in [4.69, 9.17) is 0 Å². The van der Waals surface area contributed by atoms with Gasteiger partial charge in [-0.25, -0.2) is 0 Å². The lowest BCUT2D eigenvalue weighted by Gasteiger charge is -2.22. The highest BCUT2D eigenvalue weighted by atomic mass is 14.4. The molecule has 100 valence electrons. The third-order valence-corrected chi connectivity index (χ3v) is 4.57. The summed E-state index contributed by atoms with van der Waals surface area (Å²) in [4.78, 5) is 0. The van der Waals surface area contributed by atoms with Gasteiger partial charge < -0.3 is 0 Å². The van der Waals surface area contributed by atoms with Crippen molar-refractivity contribution in [2.75, 3.05) is 0 Å². The Hall–Kier alpha value is -2.07.